The van der Waals surface area contributed by atoms with Gasteiger partial charge < -0.3 is 15.0 Å². The Bertz CT molecular complexity index is 1160. The molecule has 0 aliphatic heterocycles. The van der Waals surface area contributed by atoms with Crippen molar-refractivity contribution in [2.75, 3.05) is 24.2 Å². The summed E-state index contributed by atoms with van der Waals surface area (Å²) in [6.45, 7) is 8.67. The molecule has 1 atom stereocenters. The fraction of sp³-hybridized carbons (Fsp3) is 0.440. The number of anilines is 1. The molecule has 0 aliphatic rings. The average molecular weight is 569 g/mol. The SMILES string of the molecule is COc1ccc(C)cc1N(CC(=O)N(Cc1ccc(Br)cc1)[C@H](C)C(=O)NC(C)(C)C)S(C)(=O)=O. The van der Waals surface area contributed by atoms with Crippen LogP contribution in [-0.4, -0.2) is 56.6 Å². The van der Waals surface area contributed by atoms with Crippen molar-refractivity contribution < 1.29 is 22.7 Å². The number of rotatable bonds is 9. The van der Waals surface area contributed by atoms with Crippen LogP contribution in [0.2, 0.25) is 0 Å². The van der Waals surface area contributed by atoms with Crippen molar-refractivity contribution in [1.29, 1.82) is 0 Å². The fourth-order valence-corrected chi connectivity index (χ4v) is 4.54. The van der Waals surface area contributed by atoms with Crippen molar-refractivity contribution in [3.05, 3.63) is 58.1 Å². The van der Waals surface area contributed by atoms with Gasteiger partial charge in [0.2, 0.25) is 21.8 Å². The lowest BCUT2D eigenvalue weighted by molar-refractivity contribution is -0.140. The Labute approximate surface area is 216 Å². The number of hydrogen-bond acceptors (Lipinski definition) is 5. The van der Waals surface area contributed by atoms with Crippen molar-refractivity contribution in [1.82, 2.24) is 10.2 Å². The number of aryl methyl sites for hydroxylation is 1. The van der Waals surface area contributed by atoms with Crippen molar-refractivity contribution in [2.45, 2.75) is 52.7 Å². The van der Waals surface area contributed by atoms with E-state index in [2.05, 4.69) is 21.2 Å². The van der Waals surface area contributed by atoms with Crippen LogP contribution in [0.4, 0.5) is 5.69 Å². The third-order valence-electron chi connectivity index (χ3n) is 5.21. The lowest BCUT2D eigenvalue weighted by atomic mass is 10.1. The van der Waals surface area contributed by atoms with E-state index in [-0.39, 0.29) is 18.1 Å². The minimum atomic E-state index is -3.85. The molecule has 0 unspecified atom stereocenters. The summed E-state index contributed by atoms with van der Waals surface area (Å²) in [4.78, 5) is 28.0. The summed E-state index contributed by atoms with van der Waals surface area (Å²) in [5.41, 5.74) is 1.38. The van der Waals surface area contributed by atoms with Gasteiger partial charge in [-0.25, -0.2) is 8.42 Å². The molecule has 192 valence electrons. The maximum Gasteiger partial charge on any atom is 0.244 e. The van der Waals surface area contributed by atoms with Crippen LogP contribution in [0.3, 0.4) is 0 Å². The van der Waals surface area contributed by atoms with Gasteiger partial charge in [-0.3, -0.25) is 13.9 Å². The van der Waals surface area contributed by atoms with Gasteiger partial charge in [-0.05, 0) is 70.0 Å². The van der Waals surface area contributed by atoms with E-state index in [4.69, 9.17) is 4.74 Å². The molecule has 0 aliphatic carbocycles. The number of ether oxygens (including phenoxy) is 1. The molecule has 0 spiro atoms. The second-order valence-electron chi connectivity index (χ2n) is 9.51. The molecule has 0 heterocycles. The highest BCUT2D eigenvalue weighted by Gasteiger charge is 2.32. The van der Waals surface area contributed by atoms with E-state index in [0.29, 0.717) is 5.75 Å². The van der Waals surface area contributed by atoms with Crippen molar-refractivity contribution >= 4 is 43.5 Å². The smallest absolute Gasteiger partial charge is 0.244 e. The minimum absolute atomic E-state index is 0.132. The highest BCUT2D eigenvalue weighted by Crippen LogP contribution is 2.31. The Balaban J connectivity index is 2.47. The Morgan fingerprint density at radius 1 is 1.11 bits per heavy atom. The third-order valence-corrected chi connectivity index (χ3v) is 6.87. The molecule has 0 radical (unpaired) electrons. The first-order chi connectivity index (χ1) is 16.1. The van der Waals surface area contributed by atoms with E-state index in [1.165, 1.54) is 12.0 Å². The van der Waals surface area contributed by atoms with E-state index in [1.807, 2.05) is 52.0 Å². The molecular weight excluding hydrogens is 534 g/mol. The quantitative estimate of drug-likeness (QED) is 0.496. The van der Waals surface area contributed by atoms with E-state index < -0.39 is 34.1 Å². The zero-order valence-corrected chi connectivity index (χ0v) is 23.7. The Kier molecular flexibility index (Phi) is 9.36. The maximum atomic E-state index is 13.6. The van der Waals surface area contributed by atoms with Gasteiger partial charge in [0.05, 0.1) is 19.1 Å². The maximum absolute atomic E-state index is 13.6. The third kappa shape index (κ3) is 8.24. The number of amides is 2. The monoisotopic (exact) mass is 567 g/mol. The van der Waals surface area contributed by atoms with Gasteiger partial charge in [-0.2, -0.15) is 0 Å². The van der Waals surface area contributed by atoms with Crippen LogP contribution >= 0.6 is 15.9 Å². The summed E-state index contributed by atoms with van der Waals surface area (Å²) >= 11 is 3.40. The number of benzene rings is 2. The van der Waals surface area contributed by atoms with Crippen molar-refractivity contribution in [3.63, 3.8) is 0 Å². The number of methoxy groups -OCH3 is 1. The van der Waals surface area contributed by atoms with Gasteiger partial charge in [-0.15, -0.1) is 0 Å². The molecule has 2 amide bonds. The predicted molar refractivity (Wildman–Crippen MR) is 142 cm³/mol. The van der Waals surface area contributed by atoms with Crippen LogP contribution in [0, 0.1) is 6.92 Å². The Morgan fingerprint density at radius 2 is 1.71 bits per heavy atom. The lowest BCUT2D eigenvalue weighted by Crippen LogP contribution is -2.54. The molecule has 8 nitrogen and oxygen atoms in total. The Morgan fingerprint density at radius 3 is 2.23 bits per heavy atom. The number of nitrogens with zero attached hydrogens (tertiary/aromatic N) is 2. The second-order valence-corrected chi connectivity index (χ2v) is 12.3. The minimum Gasteiger partial charge on any atom is -0.495 e. The van der Waals surface area contributed by atoms with Gasteiger partial charge in [0.15, 0.2) is 0 Å². The number of halogens is 1. The molecule has 2 rings (SSSR count). The summed E-state index contributed by atoms with van der Waals surface area (Å²) in [5.74, 6) is -0.521. The number of carbonyl (C=O) groups is 2. The van der Waals surface area contributed by atoms with E-state index in [9.17, 15) is 18.0 Å². The van der Waals surface area contributed by atoms with Crippen LogP contribution in [0.5, 0.6) is 5.75 Å². The lowest BCUT2D eigenvalue weighted by Gasteiger charge is -2.33. The molecule has 0 fully saturated rings. The number of nitrogens with one attached hydrogen (secondary N) is 1. The first-order valence-corrected chi connectivity index (χ1v) is 13.7. The fourth-order valence-electron chi connectivity index (χ4n) is 3.43. The number of carbonyl (C=O) groups excluding carboxylic acids is 2. The first kappa shape index (κ1) is 28.6. The zero-order chi connectivity index (χ0) is 26.6. The molecule has 0 saturated carbocycles. The van der Waals surface area contributed by atoms with Gasteiger partial charge in [-0.1, -0.05) is 34.1 Å². The van der Waals surface area contributed by atoms with Crippen LogP contribution in [0.25, 0.3) is 0 Å². The van der Waals surface area contributed by atoms with E-state index in [1.54, 1.807) is 25.1 Å². The summed E-state index contributed by atoms with van der Waals surface area (Å²) in [6, 6.07) is 11.6. The summed E-state index contributed by atoms with van der Waals surface area (Å²) in [6.07, 6.45) is 1.04. The van der Waals surface area contributed by atoms with E-state index in [0.717, 1.165) is 26.2 Å². The summed E-state index contributed by atoms with van der Waals surface area (Å²) < 4.78 is 32.8. The molecule has 10 heteroatoms. The van der Waals surface area contributed by atoms with E-state index >= 15 is 0 Å². The molecule has 0 saturated heterocycles. The normalized spacial score (nSPS) is 12.6. The van der Waals surface area contributed by atoms with Crippen LogP contribution < -0.4 is 14.4 Å². The highest BCUT2D eigenvalue weighted by molar-refractivity contribution is 9.10. The molecule has 2 aromatic carbocycles. The van der Waals surface area contributed by atoms with Crippen molar-refractivity contribution in [3.8, 4) is 5.75 Å². The predicted octanol–water partition coefficient (Wildman–Crippen LogP) is 3.86. The first-order valence-electron chi connectivity index (χ1n) is 11.1. The largest absolute Gasteiger partial charge is 0.495 e. The van der Waals surface area contributed by atoms with Crippen LogP contribution in [0.15, 0.2) is 46.9 Å². The van der Waals surface area contributed by atoms with Gasteiger partial charge in [0.1, 0.15) is 18.3 Å². The van der Waals surface area contributed by atoms with Gasteiger partial charge in [0.25, 0.3) is 0 Å². The standard InChI is InChI=1S/C25H34BrN3O5S/c1-17-8-13-22(34-6)21(14-17)29(35(7,32)33)16-23(30)28(15-19-9-11-20(26)12-10-19)18(2)24(31)27-25(3,4)5/h8-14,18H,15-16H2,1-7H3,(H,27,31)/t18-/m1/s1. The highest BCUT2D eigenvalue weighted by atomic mass is 79.9. The summed E-state index contributed by atoms with van der Waals surface area (Å²) in [7, 11) is -2.41. The second kappa shape index (κ2) is 11.4. The van der Waals surface area contributed by atoms with Gasteiger partial charge in [0, 0.05) is 16.6 Å². The topological polar surface area (TPSA) is 96.0 Å². The van der Waals surface area contributed by atoms with Gasteiger partial charge >= 0.3 is 0 Å². The summed E-state index contributed by atoms with van der Waals surface area (Å²) in [5, 5.41) is 2.90. The van der Waals surface area contributed by atoms with Crippen LogP contribution in [-0.2, 0) is 26.2 Å². The molecule has 0 aromatic heterocycles. The molecule has 0 bridgehead atoms. The Hall–Kier alpha value is -2.59. The zero-order valence-electron chi connectivity index (χ0n) is 21.3. The molecular formula is C25H34BrN3O5S. The number of hydrogen-bond donors (Lipinski definition) is 1. The van der Waals surface area contributed by atoms with Crippen LogP contribution in [0.1, 0.15) is 38.8 Å². The molecule has 2 aromatic rings. The molecule has 35 heavy (non-hydrogen) atoms. The average Bonchev–Trinajstić information content (AvgIpc) is 2.74. The number of sulfonamides is 1. The molecule has 1 N–H and O–H groups in total. The van der Waals surface area contributed by atoms with Crippen molar-refractivity contribution in [2.24, 2.45) is 0 Å².